The molecule has 1 aromatic carbocycles. The number of rotatable bonds is 6. The number of aromatic nitrogens is 2. The van der Waals surface area contributed by atoms with Gasteiger partial charge in [0, 0.05) is 24.3 Å². The molecule has 0 bridgehead atoms. The molecule has 3 rings (SSSR count). The zero-order valence-electron chi connectivity index (χ0n) is 14.9. The molecule has 1 aliphatic carbocycles. The van der Waals surface area contributed by atoms with Gasteiger partial charge in [-0.15, -0.1) is 0 Å². The Labute approximate surface area is 144 Å². The van der Waals surface area contributed by atoms with Gasteiger partial charge >= 0.3 is 0 Å². The molecule has 0 spiro atoms. The van der Waals surface area contributed by atoms with Gasteiger partial charge in [0.15, 0.2) is 0 Å². The molecule has 0 amide bonds. The van der Waals surface area contributed by atoms with Gasteiger partial charge in [0.2, 0.25) is 0 Å². The van der Waals surface area contributed by atoms with Crippen LogP contribution in [0.3, 0.4) is 0 Å². The van der Waals surface area contributed by atoms with E-state index in [0.717, 1.165) is 44.5 Å². The average molecular weight is 327 g/mol. The predicted molar refractivity (Wildman–Crippen MR) is 97.0 cm³/mol. The van der Waals surface area contributed by atoms with Gasteiger partial charge in [-0.3, -0.25) is 4.68 Å². The molecule has 1 saturated carbocycles. The van der Waals surface area contributed by atoms with E-state index >= 15 is 0 Å². The molecule has 0 aliphatic heterocycles. The first-order valence-corrected chi connectivity index (χ1v) is 9.07. The van der Waals surface area contributed by atoms with Gasteiger partial charge in [-0.05, 0) is 32.3 Å². The molecule has 0 radical (unpaired) electrons. The van der Waals surface area contributed by atoms with Gasteiger partial charge in [-0.2, -0.15) is 5.10 Å². The van der Waals surface area contributed by atoms with Crippen molar-refractivity contribution in [1.82, 2.24) is 15.1 Å². The lowest BCUT2D eigenvalue weighted by Crippen LogP contribution is -2.42. The van der Waals surface area contributed by atoms with Crippen LogP contribution in [0.1, 0.15) is 54.6 Å². The van der Waals surface area contributed by atoms with Gasteiger partial charge in [-0.1, -0.05) is 49.6 Å². The summed E-state index contributed by atoms with van der Waals surface area (Å²) in [4.78, 5) is 0. The molecule has 1 aliphatic rings. The zero-order valence-corrected chi connectivity index (χ0v) is 14.9. The van der Waals surface area contributed by atoms with Crippen LogP contribution in [-0.4, -0.2) is 27.0 Å². The van der Waals surface area contributed by atoms with Crippen LogP contribution in [-0.2, 0) is 13.1 Å². The highest BCUT2D eigenvalue weighted by Crippen LogP contribution is 2.27. The molecule has 0 atom stereocenters. The zero-order chi connectivity index (χ0) is 17.0. The molecule has 24 heavy (non-hydrogen) atoms. The summed E-state index contributed by atoms with van der Waals surface area (Å²) in [7, 11) is 0. The highest BCUT2D eigenvalue weighted by Gasteiger charge is 2.28. The third kappa shape index (κ3) is 4.05. The second kappa shape index (κ2) is 7.49. The fourth-order valence-electron chi connectivity index (χ4n) is 3.71. The van der Waals surface area contributed by atoms with Crippen molar-refractivity contribution in [2.75, 3.05) is 6.54 Å². The molecule has 130 valence electrons. The lowest BCUT2D eigenvalue weighted by atomic mass is 9.85. The van der Waals surface area contributed by atoms with Crippen molar-refractivity contribution in [3.63, 3.8) is 0 Å². The normalized spacial score (nSPS) is 17.1. The Bertz CT molecular complexity index is 657. The van der Waals surface area contributed by atoms with Crippen LogP contribution >= 0.6 is 0 Å². The van der Waals surface area contributed by atoms with E-state index in [1.54, 1.807) is 0 Å². The van der Waals surface area contributed by atoms with Gasteiger partial charge in [0.25, 0.3) is 0 Å². The highest BCUT2D eigenvalue weighted by atomic mass is 16.3. The molecule has 0 saturated heterocycles. The molecule has 1 aromatic heterocycles. The monoisotopic (exact) mass is 327 g/mol. The number of nitrogens with zero attached hydrogens (tertiary/aromatic N) is 2. The first kappa shape index (κ1) is 17.2. The molecule has 1 fully saturated rings. The molecule has 1 heterocycles. The number of aryl methyl sites for hydroxylation is 1. The molecular weight excluding hydrogens is 298 g/mol. The Kier molecular flexibility index (Phi) is 5.36. The molecule has 2 aromatic rings. The Balaban J connectivity index is 1.61. The van der Waals surface area contributed by atoms with Crippen molar-refractivity contribution in [2.24, 2.45) is 0 Å². The Morgan fingerprint density at radius 1 is 1.12 bits per heavy atom. The van der Waals surface area contributed by atoms with E-state index in [0.29, 0.717) is 6.54 Å². The maximum Gasteiger partial charge on any atom is 0.0771 e. The van der Waals surface area contributed by atoms with Gasteiger partial charge in [0.05, 0.1) is 17.8 Å². The maximum absolute atomic E-state index is 10.6. The summed E-state index contributed by atoms with van der Waals surface area (Å²) >= 11 is 0. The van der Waals surface area contributed by atoms with Crippen molar-refractivity contribution < 1.29 is 5.11 Å². The second-order valence-electron chi connectivity index (χ2n) is 7.18. The second-order valence-corrected chi connectivity index (χ2v) is 7.18. The summed E-state index contributed by atoms with van der Waals surface area (Å²) in [6.07, 6.45) is 5.39. The van der Waals surface area contributed by atoms with Gasteiger partial charge in [0.1, 0.15) is 0 Å². The standard InChI is InChI=1S/C20H29N3O/c1-16-19(13-21-15-20(24)11-7-4-8-12-20)17(2)23(22-16)14-18-9-5-3-6-10-18/h3,5-6,9-10,21,24H,4,7-8,11-15H2,1-2H3. The molecule has 0 unspecified atom stereocenters. The van der Waals surface area contributed by atoms with Crippen molar-refractivity contribution in [3.8, 4) is 0 Å². The van der Waals surface area contributed by atoms with Crippen LogP contribution in [0.15, 0.2) is 30.3 Å². The van der Waals surface area contributed by atoms with E-state index in [-0.39, 0.29) is 0 Å². The van der Waals surface area contributed by atoms with E-state index in [9.17, 15) is 5.11 Å². The number of hydrogen-bond donors (Lipinski definition) is 2. The Morgan fingerprint density at radius 3 is 2.54 bits per heavy atom. The minimum atomic E-state index is -0.514. The number of aliphatic hydroxyl groups is 1. The Morgan fingerprint density at radius 2 is 1.83 bits per heavy atom. The van der Waals surface area contributed by atoms with Crippen LogP contribution in [0.5, 0.6) is 0 Å². The SMILES string of the molecule is Cc1nn(Cc2ccccc2)c(C)c1CNCC1(O)CCCCC1. The fourth-order valence-corrected chi connectivity index (χ4v) is 3.71. The largest absolute Gasteiger partial charge is 0.389 e. The van der Waals surface area contributed by atoms with Crippen molar-refractivity contribution >= 4 is 0 Å². The first-order valence-electron chi connectivity index (χ1n) is 9.07. The lowest BCUT2D eigenvalue weighted by Gasteiger charge is -2.32. The number of nitrogens with one attached hydrogen (secondary N) is 1. The molecule has 4 nitrogen and oxygen atoms in total. The molecular formula is C20H29N3O. The van der Waals surface area contributed by atoms with E-state index in [1.165, 1.54) is 23.2 Å². The van der Waals surface area contributed by atoms with Crippen molar-refractivity contribution in [2.45, 2.75) is 64.6 Å². The summed E-state index contributed by atoms with van der Waals surface area (Å²) < 4.78 is 2.08. The van der Waals surface area contributed by atoms with Gasteiger partial charge < -0.3 is 10.4 Å². The maximum atomic E-state index is 10.6. The van der Waals surface area contributed by atoms with E-state index in [2.05, 4.69) is 48.1 Å². The lowest BCUT2D eigenvalue weighted by molar-refractivity contribution is 0.00465. The topological polar surface area (TPSA) is 50.1 Å². The minimum absolute atomic E-state index is 0.514. The van der Waals surface area contributed by atoms with Crippen LogP contribution < -0.4 is 5.32 Å². The van der Waals surface area contributed by atoms with Crippen LogP contribution in [0.4, 0.5) is 0 Å². The summed E-state index contributed by atoms with van der Waals surface area (Å²) in [5, 5.41) is 18.8. The van der Waals surface area contributed by atoms with Crippen LogP contribution in [0.2, 0.25) is 0 Å². The Hall–Kier alpha value is -1.65. The van der Waals surface area contributed by atoms with Crippen molar-refractivity contribution in [1.29, 1.82) is 0 Å². The van der Waals surface area contributed by atoms with E-state index in [4.69, 9.17) is 5.10 Å². The average Bonchev–Trinajstić information content (AvgIpc) is 2.84. The van der Waals surface area contributed by atoms with E-state index < -0.39 is 5.60 Å². The minimum Gasteiger partial charge on any atom is -0.389 e. The first-order chi connectivity index (χ1) is 11.6. The number of benzene rings is 1. The molecule has 4 heteroatoms. The van der Waals surface area contributed by atoms with Crippen molar-refractivity contribution in [3.05, 3.63) is 52.8 Å². The smallest absolute Gasteiger partial charge is 0.0771 e. The highest BCUT2D eigenvalue weighted by molar-refractivity contribution is 5.26. The summed E-state index contributed by atoms with van der Waals surface area (Å²) in [5.41, 5.74) is 4.29. The number of hydrogen-bond acceptors (Lipinski definition) is 3. The van der Waals surface area contributed by atoms with E-state index in [1.807, 2.05) is 6.07 Å². The summed E-state index contributed by atoms with van der Waals surface area (Å²) in [6, 6.07) is 10.4. The predicted octanol–water partition coefficient (Wildman–Crippen LogP) is 3.33. The summed E-state index contributed by atoms with van der Waals surface area (Å²) in [6.45, 7) is 6.46. The molecule has 2 N–H and O–H groups in total. The third-order valence-corrected chi connectivity index (χ3v) is 5.25. The van der Waals surface area contributed by atoms with Gasteiger partial charge in [-0.25, -0.2) is 0 Å². The fraction of sp³-hybridized carbons (Fsp3) is 0.550. The van der Waals surface area contributed by atoms with Crippen LogP contribution in [0.25, 0.3) is 0 Å². The van der Waals surface area contributed by atoms with Crippen LogP contribution in [0, 0.1) is 13.8 Å². The summed E-state index contributed by atoms with van der Waals surface area (Å²) in [5.74, 6) is 0. The quantitative estimate of drug-likeness (QED) is 0.855. The third-order valence-electron chi connectivity index (χ3n) is 5.25.